The number of esters is 1. The topological polar surface area (TPSA) is 170 Å². The fraction of sp³-hybridized carbons (Fsp3) is 0.286. The maximum atomic E-state index is 12.2. The molecule has 0 saturated carbocycles. The molecule has 3 aromatic rings. The normalized spacial score (nSPS) is 13.3. The Bertz CT molecular complexity index is 855. The summed E-state index contributed by atoms with van der Waals surface area (Å²) in [6.07, 6.45) is -0.429. The molecule has 0 aliphatic rings. The lowest BCUT2D eigenvalue weighted by Gasteiger charge is -2.22. The van der Waals surface area contributed by atoms with E-state index in [2.05, 4.69) is 25.8 Å². The summed E-state index contributed by atoms with van der Waals surface area (Å²) in [4.78, 5) is 24.6. The zero-order chi connectivity index (χ0) is 18.7. The number of H-pyrrole nitrogens is 1. The molecule has 26 heavy (non-hydrogen) atoms. The van der Waals surface area contributed by atoms with Gasteiger partial charge in [0, 0.05) is 12.0 Å². The molecule has 0 fully saturated rings. The second-order valence-electron chi connectivity index (χ2n) is 5.23. The molecule has 1 unspecified atom stereocenters. The van der Waals surface area contributed by atoms with Crippen LogP contribution < -0.4 is 5.73 Å². The lowest BCUT2D eigenvalue weighted by atomic mass is 9.90. The Morgan fingerprint density at radius 2 is 2.31 bits per heavy atom. The number of hydrogen-bond acceptors (Lipinski definition) is 10. The number of carboxylic acids is 1. The van der Waals surface area contributed by atoms with Crippen molar-refractivity contribution >= 4 is 23.3 Å². The highest BCUT2D eigenvalue weighted by Crippen LogP contribution is 2.35. The van der Waals surface area contributed by atoms with Crippen LogP contribution in [0.5, 0.6) is 0 Å². The highest BCUT2D eigenvalue weighted by Gasteiger charge is 2.46. The number of tetrazole rings is 1. The number of nitrogens with zero attached hydrogens (tertiary/aromatic N) is 4. The minimum Gasteiger partial charge on any atom is -0.479 e. The lowest BCUT2D eigenvalue weighted by Crippen LogP contribution is -2.57. The molecule has 0 aliphatic heterocycles. The van der Waals surface area contributed by atoms with Crippen molar-refractivity contribution < 1.29 is 24.0 Å². The number of ether oxygens (including phenoxy) is 1. The van der Waals surface area contributed by atoms with Crippen LogP contribution in [0.1, 0.15) is 12.5 Å². The van der Waals surface area contributed by atoms with Crippen molar-refractivity contribution in [3.63, 3.8) is 0 Å². The molecule has 12 heteroatoms. The number of nitrogens with two attached hydrogens (primary N) is 1. The Kier molecular flexibility index (Phi) is 4.77. The quantitative estimate of drug-likeness (QED) is 0.388. The van der Waals surface area contributed by atoms with E-state index in [1.807, 2.05) is 5.38 Å². The number of thiophene rings is 1. The number of aliphatic carboxylic acids is 1. The number of nitrogens with one attached hydrogen (secondary N) is 1. The highest BCUT2D eigenvalue weighted by atomic mass is 32.1. The van der Waals surface area contributed by atoms with Crippen molar-refractivity contribution in [2.45, 2.75) is 18.9 Å². The Hall–Kier alpha value is -3.12. The third-order valence-corrected chi connectivity index (χ3v) is 4.44. The highest BCUT2D eigenvalue weighted by molar-refractivity contribution is 7.13. The van der Waals surface area contributed by atoms with Gasteiger partial charge >= 0.3 is 11.9 Å². The van der Waals surface area contributed by atoms with Gasteiger partial charge in [-0.1, -0.05) is 11.2 Å². The molecule has 3 aromatic heterocycles. The number of aromatic nitrogens is 5. The van der Waals surface area contributed by atoms with Crippen LogP contribution in [0.4, 0.5) is 0 Å². The molecule has 0 saturated heterocycles. The summed E-state index contributed by atoms with van der Waals surface area (Å²) >= 11 is 1.35. The van der Waals surface area contributed by atoms with Crippen molar-refractivity contribution in [1.29, 1.82) is 0 Å². The van der Waals surface area contributed by atoms with E-state index >= 15 is 0 Å². The number of hydrogen-bond donors (Lipinski definition) is 3. The molecule has 11 nitrogen and oxygen atoms in total. The van der Waals surface area contributed by atoms with Crippen LogP contribution in [0.25, 0.3) is 22.2 Å². The van der Waals surface area contributed by atoms with E-state index in [1.54, 1.807) is 19.1 Å². The summed E-state index contributed by atoms with van der Waals surface area (Å²) < 4.78 is 10.2. The fourth-order valence-electron chi connectivity index (χ4n) is 2.29. The van der Waals surface area contributed by atoms with Crippen molar-refractivity contribution in [3.8, 4) is 22.2 Å². The molecule has 4 N–H and O–H groups in total. The fourth-order valence-corrected chi connectivity index (χ4v) is 3.01. The third-order valence-electron chi connectivity index (χ3n) is 3.57. The SMILES string of the molecule is CCOC(=O)C(N)(Cc1c(-c2nn[nH]n2)noc1-c1cccs1)C(=O)O. The Morgan fingerprint density at radius 3 is 2.88 bits per heavy atom. The minimum absolute atomic E-state index is 0.00974. The van der Waals surface area contributed by atoms with Crippen LogP contribution in [-0.4, -0.2) is 55.0 Å². The summed E-state index contributed by atoms with van der Waals surface area (Å²) in [6.45, 7) is 1.55. The first kappa shape index (κ1) is 17.7. The van der Waals surface area contributed by atoms with E-state index in [1.165, 1.54) is 11.3 Å². The molecule has 3 heterocycles. The standard InChI is InChI=1S/C14H14N6O5S/c1-2-24-13(23)14(15,12(21)22)6-7-9(11-16-19-20-17-11)18-25-10(7)8-4-3-5-26-8/h3-5H,2,6,15H2,1H3,(H,21,22)(H,16,17,19,20). The number of aromatic amines is 1. The maximum absolute atomic E-state index is 12.2. The maximum Gasteiger partial charge on any atom is 0.338 e. The van der Waals surface area contributed by atoms with E-state index in [9.17, 15) is 14.7 Å². The smallest absolute Gasteiger partial charge is 0.338 e. The number of carbonyl (C=O) groups is 2. The molecular formula is C14H14N6O5S. The first-order valence-corrected chi connectivity index (χ1v) is 8.31. The van der Waals surface area contributed by atoms with Gasteiger partial charge in [0.15, 0.2) is 11.5 Å². The molecule has 0 bridgehead atoms. The van der Waals surface area contributed by atoms with Gasteiger partial charge < -0.3 is 20.1 Å². The van der Waals surface area contributed by atoms with Gasteiger partial charge in [-0.2, -0.15) is 5.21 Å². The van der Waals surface area contributed by atoms with Gasteiger partial charge in [-0.25, -0.2) is 9.59 Å². The van der Waals surface area contributed by atoms with Crippen LogP contribution in [-0.2, 0) is 20.7 Å². The largest absolute Gasteiger partial charge is 0.479 e. The predicted molar refractivity (Wildman–Crippen MR) is 87.9 cm³/mol. The summed E-state index contributed by atoms with van der Waals surface area (Å²) in [6, 6.07) is 3.55. The molecule has 0 aliphatic carbocycles. The van der Waals surface area contributed by atoms with Crippen LogP contribution in [0.2, 0.25) is 0 Å². The summed E-state index contributed by atoms with van der Waals surface area (Å²) in [5.41, 5.74) is 3.99. The molecule has 3 rings (SSSR count). The zero-order valence-corrected chi connectivity index (χ0v) is 14.3. The van der Waals surface area contributed by atoms with Gasteiger partial charge in [0.25, 0.3) is 0 Å². The van der Waals surface area contributed by atoms with Gasteiger partial charge in [-0.15, -0.1) is 21.5 Å². The molecular weight excluding hydrogens is 364 g/mol. The number of carbonyl (C=O) groups excluding carboxylic acids is 1. The third kappa shape index (κ3) is 3.07. The molecule has 0 radical (unpaired) electrons. The summed E-state index contributed by atoms with van der Waals surface area (Å²) in [7, 11) is 0. The second kappa shape index (κ2) is 7.01. The average molecular weight is 378 g/mol. The summed E-state index contributed by atoms with van der Waals surface area (Å²) in [5.74, 6) is -2.23. The van der Waals surface area contributed by atoms with Gasteiger partial charge in [0.1, 0.15) is 0 Å². The Morgan fingerprint density at radius 1 is 1.50 bits per heavy atom. The Labute approximate surface area is 150 Å². The van der Waals surface area contributed by atoms with E-state index < -0.39 is 23.9 Å². The zero-order valence-electron chi connectivity index (χ0n) is 13.5. The summed E-state index contributed by atoms with van der Waals surface area (Å²) in [5, 5.41) is 28.7. The van der Waals surface area contributed by atoms with Crippen LogP contribution >= 0.6 is 11.3 Å². The van der Waals surface area contributed by atoms with E-state index in [4.69, 9.17) is 15.0 Å². The second-order valence-corrected chi connectivity index (χ2v) is 6.17. The monoisotopic (exact) mass is 378 g/mol. The number of carboxylic acid groups (broad SMARTS) is 1. The molecule has 0 aromatic carbocycles. The van der Waals surface area contributed by atoms with Crippen molar-refractivity contribution in [2.75, 3.05) is 6.61 Å². The van der Waals surface area contributed by atoms with Crippen molar-refractivity contribution in [2.24, 2.45) is 5.73 Å². The molecule has 1 atom stereocenters. The predicted octanol–water partition coefficient (Wildman–Crippen LogP) is 0.471. The Balaban J connectivity index is 2.11. The van der Waals surface area contributed by atoms with E-state index in [-0.39, 0.29) is 29.4 Å². The van der Waals surface area contributed by atoms with Gasteiger partial charge in [-0.05, 0) is 23.6 Å². The van der Waals surface area contributed by atoms with Gasteiger partial charge in [-0.3, -0.25) is 0 Å². The first-order chi connectivity index (χ1) is 12.5. The van der Waals surface area contributed by atoms with Crippen LogP contribution in [0.15, 0.2) is 22.0 Å². The van der Waals surface area contributed by atoms with Gasteiger partial charge in [0.05, 0.1) is 11.5 Å². The molecule has 0 amide bonds. The van der Waals surface area contributed by atoms with Gasteiger partial charge in [0.2, 0.25) is 11.4 Å². The van der Waals surface area contributed by atoms with E-state index in [0.717, 1.165) is 0 Å². The van der Waals surface area contributed by atoms with Crippen LogP contribution in [0.3, 0.4) is 0 Å². The van der Waals surface area contributed by atoms with Crippen LogP contribution in [0, 0.1) is 0 Å². The molecule has 136 valence electrons. The minimum atomic E-state index is -2.33. The molecule has 0 spiro atoms. The first-order valence-electron chi connectivity index (χ1n) is 7.43. The van der Waals surface area contributed by atoms with Crippen molar-refractivity contribution in [3.05, 3.63) is 23.1 Å². The average Bonchev–Trinajstić information content (AvgIpc) is 3.35. The lowest BCUT2D eigenvalue weighted by molar-refractivity contribution is -0.160. The van der Waals surface area contributed by atoms with E-state index in [0.29, 0.717) is 4.88 Å². The number of rotatable bonds is 7. The van der Waals surface area contributed by atoms with Crippen molar-refractivity contribution in [1.82, 2.24) is 25.8 Å².